The lowest BCUT2D eigenvalue weighted by Gasteiger charge is -2.11. The summed E-state index contributed by atoms with van der Waals surface area (Å²) >= 11 is 0. The Hall–Kier alpha value is -2.52. The minimum absolute atomic E-state index is 0. The average molecular weight is 310 g/mol. The molecule has 4 rings (SSSR count). The van der Waals surface area contributed by atoms with Crippen LogP contribution in [0.2, 0.25) is 0 Å². The molecule has 2 heterocycles. The second-order valence-electron chi connectivity index (χ2n) is 5.19. The molecule has 0 aliphatic rings. The normalized spacial score (nSPS) is 10.6. The van der Waals surface area contributed by atoms with E-state index in [1.54, 1.807) is 0 Å². The van der Waals surface area contributed by atoms with Crippen LogP contribution in [-0.4, -0.2) is 9.66 Å². The van der Waals surface area contributed by atoms with E-state index >= 15 is 0 Å². The number of nitrogens with one attached hydrogen (secondary N) is 1. The average Bonchev–Trinajstić information content (AvgIpc) is 2.85. The lowest BCUT2D eigenvalue weighted by Crippen LogP contribution is -2.07. The Bertz CT molecular complexity index is 938. The first-order valence-corrected chi connectivity index (χ1v) is 7.00. The topological polar surface area (TPSA) is 29.9 Å². The summed E-state index contributed by atoms with van der Waals surface area (Å²) in [7, 11) is 0. The van der Waals surface area contributed by atoms with Gasteiger partial charge in [-0.25, -0.2) is 0 Å². The van der Waals surface area contributed by atoms with Gasteiger partial charge < -0.3 is 0 Å². The molecule has 0 unspecified atom stereocenters. The molecule has 0 radical (unpaired) electrons. The zero-order chi connectivity index (χ0) is 14.2. The van der Waals surface area contributed by atoms with Crippen molar-refractivity contribution in [2.45, 2.75) is 6.92 Å². The highest BCUT2D eigenvalue weighted by Gasteiger charge is 2.06. The highest BCUT2D eigenvalue weighted by atomic mass is 35.5. The molecule has 110 valence electrons. The van der Waals surface area contributed by atoms with Crippen molar-refractivity contribution < 1.29 is 0 Å². The summed E-state index contributed by atoms with van der Waals surface area (Å²) < 4.78 is 2.08. The van der Waals surface area contributed by atoms with Crippen molar-refractivity contribution in [2.24, 2.45) is 0 Å². The van der Waals surface area contributed by atoms with E-state index in [9.17, 15) is 0 Å². The number of hydrogen-bond donors (Lipinski definition) is 1. The summed E-state index contributed by atoms with van der Waals surface area (Å²) in [6.07, 6.45) is 3.96. The smallest absolute Gasteiger partial charge is 0.0723 e. The predicted octanol–water partition coefficient (Wildman–Crippen LogP) is 4.79. The first-order chi connectivity index (χ1) is 10.3. The number of aryl methyl sites for hydroxylation is 1. The third-order valence-corrected chi connectivity index (χ3v) is 3.80. The Morgan fingerprint density at radius 1 is 0.909 bits per heavy atom. The summed E-state index contributed by atoms with van der Waals surface area (Å²) in [5.74, 6) is 0. The number of benzene rings is 2. The van der Waals surface area contributed by atoms with Gasteiger partial charge >= 0.3 is 0 Å². The van der Waals surface area contributed by atoms with Crippen LogP contribution in [0.25, 0.3) is 21.8 Å². The van der Waals surface area contributed by atoms with Gasteiger partial charge in [0.1, 0.15) is 0 Å². The molecule has 2 aromatic heterocycles. The van der Waals surface area contributed by atoms with E-state index in [2.05, 4.69) is 58.5 Å². The van der Waals surface area contributed by atoms with Crippen LogP contribution in [0.1, 0.15) is 5.56 Å². The quantitative estimate of drug-likeness (QED) is 0.576. The van der Waals surface area contributed by atoms with Crippen molar-refractivity contribution in [3.63, 3.8) is 0 Å². The molecule has 3 nitrogen and oxygen atoms in total. The molecule has 0 aliphatic carbocycles. The third kappa shape index (κ3) is 2.30. The van der Waals surface area contributed by atoms with Crippen molar-refractivity contribution in [1.82, 2.24) is 9.66 Å². The SMILES string of the molecule is Cc1cn(Nc2ccnc3ccccc23)c2ccccc12.Cl. The molecule has 4 heteroatoms. The number of aromatic nitrogens is 2. The van der Waals surface area contributed by atoms with Crippen molar-refractivity contribution >= 4 is 39.9 Å². The number of para-hydroxylation sites is 2. The number of pyridine rings is 1. The Kier molecular flexibility index (Phi) is 3.73. The molecule has 0 atom stereocenters. The van der Waals surface area contributed by atoms with Gasteiger partial charge in [-0.05, 0) is 30.7 Å². The summed E-state index contributed by atoms with van der Waals surface area (Å²) in [5, 5.41) is 2.39. The van der Waals surface area contributed by atoms with Gasteiger partial charge in [0.15, 0.2) is 0 Å². The first kappa shape index (κ1) is 14.4. The van der Waals surface area contributed by atoms with Gasteiger partial charge in [0.25, 0.3) is 0 Å². The summed E-state index contributed by atoms with van der Waals surface area (Å²) in [4.78, 5) is 4.40. The third-order valence-electron chi connectivity index (χ3n) is 3.80. The van der Waals surface area contributed by atoms with E-state index in [0.29, 0.717) is 0 Å². The van der Waals surface area contributed by atoms with Crippen LogP contribution >= 0.6 is 12.4 Å². The standard InChI is InChI=1S/C18H15N3.ClH/c1-13-12-21(18-9-5-3-6-14(13)18)20-17-10-11-19-16-8-4-2-7-15(16)17;/h2-12H,1H3,(H,19,20);1H. The fraction of sp³-hybridized carbons (Fsp3) is 0.0556. The number of halogens is 1. The second-order valence-corrected chi connectivity index (χ2v) is 5.19. The van der Waals surface area contributed by atoms with E-state index in [-0.39, 0.29) is 12.4 Å². The maximum absolute atomic E-state index is 4.40. The monoisotopic (exact) mass is 309 g/mol. The molecular formula is C18H16ClN3. The second kappa shape index (κ2) is 5.70. The van der Waals surface area contributed by atoms with Crippen LogP contribution in [0.15, 0.2) is 67.0 Å². The van der Waals surface area contributed by atoms with Gasteiger partial charge in [-0.2, -0.15) is 0 Å². The molecule has 1 N–H and O–H groups in total. The van der Waals surface area contributed by atoms with Crippen LogP contribution in [0, 0.1) is 6.92 Å². The van der Waals surface area contributed by atoms with E-state index in [1.165, 1.54) is 16.5 Å². The molecule has 22 heavy (non-hydrogen) atoms. The largest absolute Gasteiger partial charge is 0.294 e. The van der Waals surface area contributed by atoms with Crippen LogP contribution in [0.3, 0.4) is 0 Å². The molecular weight excluding hydrogens is 294 g/mol. The van der Waals surface area contributed by atoms with Gasteiger partial charge in [0.2, 0.25) is 0 Å². The Balaban J connectivity index is 0.00000144. The maximum Gasteiger partial charge on any atom is 0.0723 e. The number of nitrogens with zero attached hydrogens (tertiary/aromatic N) is 2. The minimum Gasteiger partial charge on any atom is -0.294 e. The fourth-order valence-electron chi connectivity index (χ4n) is 2.77. The lowest BCUT2D eigenvalue weighted by atomic mass is 10.2. The lowest BCUT2D eigenvalue weighted by molar-refractivity contribution is 1.01. The highest BCUT2D eigenvalue weighted by Crippen LogP contribution is 2.24. The highest BCUT2D eigenvalue weighted by molar-refractivity contribution is 5.92. The molecule has 2 aromatic carbocycles. The summed E-state index contributed by atoms with van der Waals surface area (Å²) in [5.41, 5.74) is 7.98. The van der Waals surface area contributed by atoms with E-state index < -0.39 is 0 Å². The van der Waals surface area contributed by atoms with E-state index in [4.69, 9.17) is 0 Å². The van der Waals surface area contributed by atoms with Crippen LogP contribution in [0.5, 0.6) is 0 Å². The fourth-order valence-corrected chi connectivity index (χ4v) is 2.77. The van der Waals surface area contributed by atoms with Crippen LogP contribution < -0.4 is 5.43 Å². The molecule has 0 saturated carbocycles. The molecule has 0 fully saturated rings. The number of anilines is 1. The maximum atomic E-state index is 4.40. The summed E-state index contributed by atoms with van der Waals surface area (Å²) in [6, 6.07) is 18.6. The molecule has 0 spiro atoms. The molecule has 0 amide bonds. The van der Waals surface area contributed by atoms with E-state index in [0.717, 1.165) is 16.6 Å². The van der Waals surface area contributed by atoms with Crippen molar-refractivity contribution in [3.8, 4) is 0 Å². The Morgan fingerprint density at radius 2 is 1.64 bits per heavy atom. The minimum atomic E-state index is 0. The zero-order valence-corrected chi connectivity index (χ0v) is 13.0. The van der Waals surface area contributed by atoms with Crippen LogP contribution in [-0.2, 0) is 0 Å². The number of hydrogen-bond acceptors (Lipinski definition) is 2. The predicted molar refractivity (Wildman–Crippen MR) is 94.7 cm³/mol. The van der Waals surface area contributed by atoms with E-state index in [1.807, 2.05) is 30.5 Å². The Labute approximate surface area is 135 Å². The molecule has 4 aromatic rings. The van der Waals surface area contributed by atoms with Gasteiger partial charge in [0, 0.05) is 23.2 Å². The first-order valence-electron chi connectivity index (χ1n) is 7.00. The van der Waals surface area contributed by atoms with Gasteiger partial charge in [-0.1, -0.05) is 36.4 Å². The van der Waals surface area contributed by atoms with Crippen molar-refractivity contribution in [1.29, 1.82) is 0 Å². The molecule has 0 aliphatic heterocycles. The Morgan fingerprint density at radius 3 is 2.50 bits per heavy atom. The van der Waals surface area contributed by atoms with Gasteiger partial charge in [-0.15, -0.1) is 12.4 Å². The van der Waals surface area contributed by atoms with Crippen LogP contribution in [0.4, 0.5) is 5.69 Å². The van der Waals surface area contributed by atoms with Gasteiger partial charge in [-0.3, -0.25) is 15.1 Å². The number of fused-ring (bicyclic) bond motifs is 2. The summed E-state index contributed by atoms with van der Waals surface area (Å²) in [6.45, 7) is 2.13. The zero-order valence-electron chi connectivity index (χ0n) is 12.2. The van der Waals surface area contributed by atoms with Gasteiger partial charge in [0.05, 0.1) is 16.7 Å². The number of rotatable bonds is 2. The van der Waals surface area contributed by atoms with Crippen molar-refractivity contribution in [2.75, 3.05) is 5.43 Å². The molecule has 0 saturated heterocycles. The van der Waals surface area contributed by atoms with Crippen molar-refractivity contribution in [3.05, 3.63) is 72.6 Å². The molecule has 0 bridgehead atoms.